The molecular formula is C19H21N5OS. The molecule has 1 saturated carbocycles. The first-order chi connectivity index (χ1) is 12.9. The van der Waals surface area contributed by atoms with Gasteiger partial charge in [-0.15, -0.1) is 10.2 Å². The Morgan fingerprint density at radius 1 is 1.08 bits per heavy atom. The van der Waals surface area contributed by atoms with E-state index in [0.717, 1.165) is 22.2 Å². The number of aromatic nitrogens is 4. The fraction of sp³-hybridized carbons (Fsp3) is 0.368. The van der Waals surface area contributed by atoms with Gasteiger partial charge in [0.15, 0.2) is 0 Å². The predicted molar refractivity (Wildman–Crippen MR) is 102 cm³/mol. The number of rotatable bonds is 7. The lowest BCUT2D eigenvalue weighted by Gasteiger charge is -2.11. The highest BCUT2D eigenvalue weighted by Gasteiger charge is 2.16. The highest BCUT2D eigenvalue weighted by atomic mass is 32.1. The molecule has 2 heterocycles. The maximum Gasteiger partial charge on any atom is 0.234 e. The monoisotopic (exact) mass is 367 g/mol. The van der Waals surface area contributed by atoms with Gasteiger partial charge in [-0.25, -0.2) is 0 Å². The molecule has 0 aliphatic heterocycles. The molecule has 1 aromatic carbocycles. The summed E-state index contributed by atoms with van der Waals surface area (Å²) in [4.78, 5) is 8.69. The molecular weight excluding hydrogens is 346 g/mol. The molecule has 0 atom stereocenters. The van der Waals surface area contributed by atoms with E-state index >= 15 is 0 Å². The van der Waals surface area contributed by atoms with E-state index in [-0.39, 0.29) is 0 Å². The summed E-state index contributed by atoms with van der Waals surface area (Å²) in [6.45, 7) is 1.29. The van der Waals surface area contributed by atoms with Crippen LogP contribution in [0.2, 0.25) is 0 Å². The molecule has 1 aliphatic carbocycles. The molecule has 0 saturated heterocycles. The average molecular weight is 367 g/mol. The Balaban J connectivity index is 1.33. The molecule has 7 heteroatoms. The molecule has 1 N–H and O–H groups in total. The summed E-state index contributed by atoms with van der Waals surface area (Å²) < 4.78 is 5.81. The Morgan fingerprint density at radius 2 is 1.92 bits per heavy atom. The molecule has 0 spiro atoms. The van der Waals surface area contributed by atoms with Gasteiger partial charge in [-0.2, -0.15) is 4.98 Å². The van der Waals surface area contributed by atoms with E-state index in [1.54, 1.807) is 23.7 Å². The van der Waals surface area contributed by atoms with Crippen LogP contribution in [0.3, 0.4) is 0 Å². The zero-order valence-electron chi connectivity index (χ0n) is 14.5. The number of hydrogen-bond acceptors (Lipinski definition) is 7. The quantitative estimate of drug-likeness (QED) is 0.675. The molecule has 3 aromatic rings. The van der Waals surface area contributed by atoms with E-state index in [9.17, 15) is 0 Å². The van der Waals surface area contributed by atoms with Gasteiger partial charge in [0.1, 0.15) is 15.8 Å². The summed E-state index contributed by atoms with van der Waals surface area (Å²) in [5.74, 6) is 1.92. The third-order valence-corrected chi connectivity index (χ3v) is 5.43. The van der Waals surface area contributed by atoms with E-state index in [1.165, 1.54) is 25.7 Å². The molecule has 4 rings (SSSR count). The van der Waals surface area contributed by atoms with Crippen molar-refractivity contribution >= 4 is 17.2 Å². The molecule has 0 bridgehead atoms. The fourth-order valence-electron chi connectivity index (χ4n) is 3.07. The summed E-state index contributed by atoms with van der Waals surface area (Å²) in [5.41, 5.74) is 1.08. The number of benzene rings is 1. The molecule has 1 fully saturated rings. The van der Waals surface area contributed by atoms with E-state index in [0.29, 0.717) is 24.2 Å². The minimum atomic E-state index is 0.561. The van der Waals surface area contributed by atoms with Crippen molar-refractivity contribution in [3.05, 3.63) is 47.7 Å². The summed E-state index contributed by atoms with van der Waals surface area (Å²) >= 11 is 1.57. The predicted octanol–water partition coefficient (Wildman–Crippen LogP) is 4.18. The van der Waals surface area contributed by atoms with Crippen LogP contribution < -0.4 is 10.1 Å². The second-order valence-corrected chi connectivity index (χ2v) is 7.49. The van der Waals surface area contributed by atoms with E-state index in [2.05, 4.69) is 25.5 Å². The van der Waals surface area contributed by atoms with Crippen LogP contribution in [-0.2, 0) is 6.54 Å². The van der Waals surface area contributed by atoms with Crippen molar-refractivity contribution in [1.82, 2.24) is 20.2 Å². The van der Waals surface area contributed by atoms with E-state index in [1.807, 2.05) is 30.3 Å². The van der Waals surface area contributed by atoms with E-state index < -0.39 is 0 Å². The van der Waals surface area contributed by atoms with Crippen molar-refractivity contribution in [3.63, 3.8) is 0 Å². The molecule has 0 amide bonds. The molecule has 0 unspecified atom stereocenters. The van der Waals surface area contributed by atoms with Crippen LogP contribution in [0, 0.1) is 5.92 Å². The zero-order valence-corrected chi connectivity index (χ0v) is 15.3. The number of ether oxygens (including phenoxy) is 1. The zero-order chi connectivity index (χ0) is 17.6. The minimum Gasteiger partial charge on any atom is -0.476 e. The Morgan fingerprint density at radius 3 is 2.77 bits per heavy atom. The summed E-state index contributed by atoms with van der Waals surface area (Å²) in [6.07, 6.45) is 8.50. The van der Waals surface area contributed by atoms with Crippen LogP contribution in [0.4, 0.5) is 5.82 Å². The molecule has 134 valence electrons. The number of hydrogen-bond donors (Lipinski definition) is 1. The SMILES string of the molecule is c1ccc(-c2nnc(CNc3cncc(OCC4CCCC4)n3)s2)cc1. The topological polar surface area (TPSA) is 72.8 Å². The van der Waals surface area contributed by atoms with Crippen LogP contribution in [0.15, 0.2) is 42.7 Å². The first-order valence-corrected chi connectivity index (χ1v) is 9.75. The van der Waals surface area contributed by atoms with Crippen molar-refractivity contribution < 1.29 is 4.74 Å². The van der Waals surface area contributed by atoms with Gasteiger partial charge in [-0.05, 0) is 18.8 Å². The second kappa shape index (κ2) is 8.23. The van der Waals surface area contributed by atoms with Gasteiger partial charge in [-0.3, -0.25) is 4.98 Å². The number of nitrogens with zero attached hydrogens (tertiary/aromatic N) is 4. The van der Waals surface area contributed by atoms with E-state index in [4.69, 9.17) is 4.74 Å². The first-order valence-electron chi connectivity index (χ1n) is 8.93. The van der Waals surface area contributed by atoms with Crippen LogP contribution >= 0.6 is 11.3 Å². The highest BCUT2D eigenvalue weighted by molar-refractivity contribution is 7.14. The lowest BCUT2D eigenvalue weighted by molar-refractivity contribution is 0.243. The molecule has 6 nitrogen and oxygen atoms in total. The van der Waals surface area contributed by atoms with Gasteiger partial charge < -0.3 is 10.1 Å². The van der Waals surface area contributed by atoms with Gasteiger partial charge in [0.05, 0.1) is 25.5 Å². The maximum absolute atomic E-state index is 5.81. The maximum atomic E-state index is 5.81. The lowest BCUT2D eigenvalue weighted by Crippen LogP contribution is -2.10. The van der Waals surface area contributed by atoms with Crippen molar-refractivity contribution in [1.29, 1.82) is 0 Å². The smallest absolute Gasteiger partial charge is 0.234 e. The normalized spacial score (nSPS) is 14.5. The fourth-order valence-corrected chi connectivity index (χ4v) is 3.86. The van der Waals surface area contributed by atoms with Gasteiger partial charge in [0.2, 0.25) is 5.88 Å². The van der Waals surface area contributed by atoms with Crippen molar-refractivity contribution in [3.8, 4) is 16.5 Å². The molecule has 1 aliphatic rings. The Labute approximate surface area is 156 Å². The average Bonchev–Trinajstić information content (AvgIpc) is 3.38. The van der Waals surface area contributed by atoms with Crippen molar-refractivity contribution in [2.45, 2.75) is 32.2 Å². The Kier molecular flexibility index (Phi) is 5.35. The summed E-state index contributed by atoms with van der Waals surface area (Å²) in [5, 5.41) is 13.6. The van der Waals surface area contributed by atoms with Gasteiger partial charge >= 0.3 is 0 Å². The number of anilines is 1. The first kappa shape index (κ1) is 16.9. The molecule has 26 heavy (non-hydrogen) atoms. The van der Waals surface area contributed by atoms with Crippen LogP contribution in [0.5, 0.6) is 5.88 Å². The van der Waals surface area contributed by atoms with Crippen LogP contribution in [-0.4, -0.2) is 26.8 Å². The van der Waals surface area contributed by atoms with Crippen LogP contribution in [0.1, 0.15) is 30.7 Å². The largest absolute Gasteiger partial charge is 0.476 e. The lowest BCUT2D eigenvalue weighted by atomic mass is 10.1. The van der Waals surface area contributed by atoms with Gasteiger partial charge in [0.25, 0.3) is 0 Å². The summed E-state index contributed by atoms with van der Waals surface area (Å²) in [6, 6.07) is 10.1. The summed E-state index contributed by atoms with van der Waals surface area (Å²) in [7, 11) is 0. The van der Waals surface area contributed by atoms with Gasteiger partial charge in [0, 0.05) is 5.56 Å². The molecule has 0 radical (unpaired) electrons. The minimum absolute atomic E-state index is 0.561. The van der Waals surface area contributed by atoms with Gasteiger partial charge in [-0.1, -0.05) is 54.5 Å². The highest BCUT2D eigenvalue weighted by Crippen LogP contribution is 2.26. The standard InChI is InChI=1S/C19H21N5OS/c1-2-8-15(9-3-1)19-24-23-18(26-19)12-21-16-10-20-11-17(22-16)25-13-14-6-4-5-7-14/h1-3,8-11,14H,4-7,12-13H2,(H,21,22). The third-order valence-electron chi connectivity index (χ3n) is 4.46. The van der Waals surface area contributed by atoms with Crippen molar-refractivity contribution in [2.75, 3.05) is 11.9 Å². The second-order valence-electron chi connectivity index (χ2n) is 6.42. The third kappa shape index (κ3) is 4.35. The Bertz CT molecular complexity index is 833. The van der Waals surface area contributed by atoms with Crippen molar-refractivity contribution in [2.24, 2.45) is 5.92 Å². The molecule has 2 aromatic heterocycles. The Hall–Kier alpha value is -2.54. The van der Waals surface area contributed by atoms with Crippen LogP contribution in [0.25, 0.3) is 10.6 Å². The number of nitrogens with one attached hydrogen (secondary N) is 1.